The number of hydrogen-bond donors (Lipinski definition) is 0. The molecule has 5 nitrogen and oxygen atoms in total. The first-order chi connectivity index (χ1) is 12.3. The van der Waals surface area contributed by atoms with Crippen molar-refractivity contribution in [2.24, 2.45) is 0 Å². The van der Waals surface area contributed by atoms with Crippen LogP contribution < -0.4 is 14.2 Å². The molecule has 0 N–H and O–H groups in total. The Labute approximate surface area is 146 Å². The fraction of sp³-hybridized carbons (Fsp3) is 0.300. The Hall–Kier alpha value is -2.66. The molecule has 0 radical (unpaired) electrons. The summed E-state index contributed by atoms with van der Waals surface area (Å²) in [5.74, 6) is 3.03. The average molecular weight is 340 g/mol. The molecule has 0 fully saturated rings. The quantitative estimate of drug-likeness (QED) is 0.622. The molecule has 25 heavy (non-hydrogen) atoms. The van der Waals surface area contributed by atoms with Gasteiger partial charge in [-0.25, -0.2) is 0 Å². The number of ether oxygens (including phenoxy) is 4. The molecule has 4 rings (SSSR count). The van der Waals surface area contributed by atoms with Gasteiger partial charge in [-0.3, -0.25) is 0 Å². The van der Waals surface area contributed by atoms with E-state index < -0.39 is 0 Å². The van der Waals surface area contributed by atoms with Crippen LogP contribution in [0.1, 0.15) is 12.0 Å². The Kier molecular flexibility index (Phi) is 4.24. The molecule has 2 heterocycles. The minimum absolute atomic E-state index is 0.261. The Bertz CT molecular complexity index is 896. The second kappa shape index (κ2) is 6.69. The van der Waals surface area contributed by atoms with Crippen molar-refractivity contribution in [3.05, 3.63) is 42.0 Å². The van der Waals surface area contributed by atoms with Gasteiger partial charge in [0.25, 0.3) is 0 Å². The van der Waals surface area contributed by atoms with E-state index in [-0.39, 0.29) is 6.79 Å². The summed E-state index contributed by atoms with van der Waals surface area (Å²) < 4.78 is 27.6. The van der Waals surface area contributed by atoms with Gasteiger partial charge in [0.1, 0.15) is 5.76 Å². The summed E-state index contributed by atoms with van der Waals surface area (Å²) in [6.07, 6.45) is 1.91. The van der Waals surface area contributed by atoms with E-state index in [2.05, 4.69) is 6.07 Å². The van der Waals surface area contributed by atoms with Gasteiger partial charge in [-0.1, -0.05) is 0 Å². The normalized spacial score (nSPS) is 12.7. The summed E-state index contributed by atoms with van der Waals surface area (Å²) in [4.78, 5) is 0. The van der Waals surface area contributed by atoms with Crippen molar-refractivity contribution in [2.75, 3.05) is 27.6 Å². The van der Waals surface area contributed by atoms with Crippen molar-refractivity contribution in [2.45, 2.75) is 12.8 Å². The first kappa shape index (κ1) is 15.8. The van der Waals surface area contributed by atoms with E-state index in [1.165, 1.54) is 5.56 Å². The van der Waals surface area contributed by atoms with Crippen LogP contribution in [0.5, 0.6) is 17.2 Å². The Morgan fingerprint density at radius 3 is 2.72 bits per heavy atom. The van der Waals surface area contributed by atoms with Crippen LogP contribution in [0, 0.1) is 0 Å². The highest BCUT2D eigenvalue weighted by atomic mass is 16.7. The highest BCUT2D eigenvalue weighted by molar-refractivity contribution is 5.88. The molecule has 0 amide bonds. The second-order valence-corrected chi connectivity index (χ2v) is 5.99. The number of benzene rings is 2. The van der Waals surface area contributed by atoms with E-state index in [1.54, 1.807) is 14.2 Å². The monoisotopic (exact) mass is 340 g/mol. The number of aryl methyl sites for hydroxylation is 1. The van der Waals surface area contributed by atoms with Gasteiger partial charge in [-0.2, -0.15) is 0 Å². The van der Waals surface area contributed by atoms with Crippen molar-refractivity contribution in [1.29, 1.82) is 0 Å². The molecule has 0 saturated carbocycles. The number of fused-ring (bicyclic) bond motifs is 2. The van der Waals surface area contributed by atoms with Gasteiger partial charge in [0, 0.05) is 24.7 Å². The topological polar surface area (TPSA) is 50.1 Å². The van der Waals surface area contributed by atoms with Crippen LogP contribution in [-0.2, 0) is 11.2 Å². The van der Waals surface area contributed by atoms with Crippen molar-refractivity contribution in [1.82, 2.24) is 0 Å². The van der Waals surface area contributed by atoms with Gasteiger partial charge in [0.2, 0.25) is 6.79 Å². The predicted molar refractivity (Wildman–Crippen MR) is 94.5 cm³/mol. The summed E-state index contributed by atoms with van der Waals surface area (Å²) in [6, 6.07) is 12.0. The molecule has 0 aliphatic carbocycles. The summed E-state index contributed by atoms with van der Waals surface area (Å²) in [6.45, 7) is 1.01. The molecule has 3 aromatic rings. The van der Waals surface area contributed by atoms with Crippen LogP contribution in [0.25, 0.3) is 22.3 Å². The number of furan rings is 1. The Morgan fingerprint density at radius 1 is 1.00 bits per heavy atom. The van der Waals surface area contributed by atoms with Gasteiger partial charge in [-0.05, 0) is 54.8 Å². The summed E-state index contributed by atoms with van der Waals surface area (Å²) >= 11 is 0. The van der Waals surface area contributed by atoms with E-state index in [9.17, 15) is 0 Å². The van der Waals surface area contributed by atoms with Gasteiger partial charge >= 0.3 is 0 Å². The minimum Gasteiger partial charge on any atom is -0.493 e. The maximum atomic E-state index is 6.07. The van der Waals surface area contributed by atoms with Gasteiger partial charge < -0.3 is 23.4 Å². The van der Waals surface area contributed by atoms with E-state index in [1.807, 2.05) is 30.3 Å². The highest BCUT2D eigenvalue weighted by Gasteiger charge is 2.17. The molecule has 0 bridgehead atoms. The summed E-state index contributed by atoms with van der Waals surface area (Å²) in [7, 11) is 3.38. The Morgan fingerprint density at radius 2 is 1.88 bits per heavy atom. The summed E-state index contributed by atoms with van der Waals surface area (Å²) in [5.41, 5.74) is 2.91. The maximum Gasteiger partial charge on any atom is 0.231 e. The fourth-order valence-corrected chi connectivity index (χ4v) is 3.09. The molecule has 0 spiro atoms. The Balaban J connectivity index is 1.71. The molecular weight excluding hydrogens is 320 g/mol. The third-order valence-electron chi connectivity index (χ3n) is 4.33. The van der Waals surface area contributed by atoms with Crippen molar-refractivity contribution < 1.29 is 23.4 Å². The smallest absolute Gasteiger partial charge is 0.231 e. The van der Waals surface area contributed by atoms with Crippen LogP contribution in [0.15, 0.2) is 40.8 Å². The molecule has 1 aromatic heterocycles. The standard InChI is InChI=1S/C20H20O5/c1-21-7-3-4-13-8-15-11-17(25-20(15)19(9-13)22-2)14-5-6-16-18(10-14)24-12-23-16/h5-6,8-11H,3-4,7,12H2,1-2H3. The van der Waals surface area contributed by atoms with Crippen LogP contribution in [0.4, 0.5) is 0 Å². The minimum atomic E-state index is 0.261. The van der Waals surface area contributed by atoms with Gasteiger partial charge in [0.15, 0.2) is 22.8 Å². The van der Waals surface area contributed by atoms with Crippen LogP contribution >= 0.6 is 0 Å². The van der Waals surface area contributed by atoms with Crippen molar-refractivity contribution in [3.63, 3.8) is 0 Å². The molecule has 0 saturated heterocycles. The average Bonchev–Trinajstić information content (AvgIpc) is 3.27. The molecule has 130 valence electrons. The zero-order valence-electron chi connectivity index (χ0n) is 14.3. The van der Waals surface area contributed by atoms with Crippen molar-refractivity contribution >= 4 is 11.0 Å². The lowest BCUT2D eigenvalue weighted by Crippen LogP contribution is -1.93. The fourth-order valence-electron chi connectivity index (χ4n) is 3.09. The van der Waals surface area contributed by atoms with Gasteiger partial charge in [-0.15, -0.1) is 0 Å². The lowest BCUT2D eigenvalue weighted by molar-refractivity contribution is 0.174. The summed E-state index contributed by atoms with van der Waals surface area (Å²) in [5, 5.41) is 1.03. The second-order valence-electron chi connectivity index (χ2n) is 5.99. The van der Waals surface area contributed by atoms with E-state index in [4.69, 9.17) is 23.4 Å². The third-order valence-corrected chi connectivity index (χ3v) is 4.33. The van der Waals surface area contributed by atoms with Crippen LogP contribution in [-0.4, -0.2) is 27.6 Å². The van der Waals surface area contributed by atoms with E-state index >= 15 is 0 Å². The molecule has 5 heteroatoms. The number of rotatable bonds is 6. The molecular formula is C20H20O5. The van der Waals surface area contributed by atoms with Gasteiger partial charge in [0.05, 0.1) is 7.11 Å². The largest absolute Gasteiger partial charge is 0.493 e. The first-order valence-corrected chi connectivity index (χ1v) is 8.28. The zero-order valence-corrected chi connectivity index (χ0v) is 14.3. The lowest BCUT2D eigenvalue weighted by Gasteiger charge is -2.05. The van der Waals surface area contributed by atoms with E-state index in [0.29, 0.717) is 0 Å². The number of hydrogen-bond acceptors (Lipinski definition) is 5. The maximum absolute atomic E-state index is 6.07. The molecule has 0 unspecified atom stereocenters. The lowest BCUT2D eigenvalue weighted by atomic mass is 10.1. The SMILES string of the molecule is COCCCc1cc(OC)c2oc(-c3ccc4c(c3)OCO4)cc2c1. The van der Waals surface area contributed by atoms with Crippen LogP contribution in [0.2, 0.25) is 0 Å². The molecule has 0 atom stereocenters. The van der Waals surface area contributed by atoms with E-state index in [0.717, 1.165) is 59.0 Å². The molecule has 1 aliphatic rings. The molecule has 1 aliphatic heterocycles. The molecule has 2 aromatic carbocycles. The predicted octanol–water partition coefficient (Wildman–Crippen LogP) is 4.42. The van der Waals surface area contributed by atoms with Crippen molar-refractivity contribution in [3.8, 4) is 28.6 Å². The highest BCUT2D eigenvalue weighted by Crippen LogP contribution is 2.39. The first-order valence-electron chi connectivity index (χ1n) is 8.28. The third kappa shape index (κ3) is 3.03. The van der Waals surface area contributed by atoms with Crippen LogP contribution in [0.3, 0.4) is 0 Å². The number of methoxy groups -OCH3 is 2. The zero-order chi connectivity index (χ0) is 17.2.